The van der Waals surface area contributed by atoms with Crippen LogP contribution in [0.15, 0.2) is 29.3 Å². The predicted molar refractivity (Wildman–Crippen MR) is 138 cm³/mol. The van der Waals surface area contributed by atoms with Gasteiger partial charge in [-0.15, -0.1) is 0 Å². The first-order valence-electron chi connectivity index (χ1n) is 12.7. The van der Waals surface area contributed by atoms with E-state index >= 15 is 4.39 Å². The highest BCUT2D eigenvalue weighted by molar-refractivity contribution is 5.98. The monoisotopic (exact) mass is 495 g/mol. The first-order chi connectivity index (χ1) is 17.0. The Morgan fingerprint density at radius 1 is 1.28 bits per heavy atom. The third-order valence-corrected chi connectivity index (χ3v) is 7.21. The van der Waals surface area contributed by atoms with Gasteiger partial charge in [0, 0.05) is 48.4 Å². The number of ether oxygens (including phenoxy) is 1. The predicted octanol–water partition coefficient (Wildman–Crippen LogP) is 4.91. The number of fused-ring (bicyclic) bond motifs is 1. The number of hydrogen-bond donors (Lipinski definition) is 2. The molecule has 1 saturated heterocycles. The van der Waals surface area contributed by atoms with Gasteiger partial charge in [-0.05, 0) is 77.0 Å². The van der Waals surface area contributed by atoms with Gasteiger partial charge in [-0.25, -0.2) is 9.18 Å². The van der Waals surface area contributed by atoms with Crippen LogP contribution in [-0.2, 0) is 4.74 Å². The standard InChI is InChI=1S/C27H34FN5O3/c1-15-24-21(20(18-12-29-30-13-18)11-23(34)33(24)19-6-7-19)10-22(28)25(15)32-9-8-17(14-32)16(2)31-26(35)36-27(3,4)5/h10-13,16-17,19H,6-9,14H2,1-5H3,(H,29,30)(H,31,35)/t16-,17+/m0/s1. The molecule has 1 aliphatic carbocycles. The summed E-state index contributed by atoms with van der Waals surface area (Å²) in [5.74, 6) is -0.158. The zero-order valence-electron chi connectivity index (χ0n) is 21.5. The van der Waals surface area contributed by atoms with Gasteiger partial charge in [0.05, 0.1) is 17.4 Å². The van der Waals surface area contributed by atoms with Gasteiger partial charge in [-0.1, -0.05) is 0 Å². The summed E-state index contributed by atoms with van der Waals surface area (Å²) in [6.45, 7) is 10.6. The molecule has 0 bridgehead atoms. The number of aromatic nitrogens is 3. The van der Waals surface area contributed by atoms with Crippen LogP contribution in [0.2, 0.25) is 0 Å². The number of amides is 1. The van der Waals surface area contributed by atoms with E-state index in [1.165, 1.54) is 0 Å². The minimum atomic E-state index is -0.566. The molecule has 3 heterocycles. The summed E-state index contributed by atoms with van der Waals surface area (Å²) >= 11 is 0. The van der Waals surface area contributed by atoms with Crippen LogP contribution in [0.4, 0.5) is 14.9 Å². The maximum absolute atomic E-state index is 15.8. The van der Waals surface area contributed by atoms with Crippen molar-refractivity contribution in [1.29, 1.82) is 0 Å². The summed E-state index contributed by atoms with van der Waals surface area (Å²) in [4.78, 5) is 27.5. The van der Waals surface area contributed by atoms with Crippen molar-refractivity contribution in [1.82, 2.24) is 20.1 Å². The van der Waals surface area contributed by atoms with Crippen LogP contribution >= 0.6 is 0 Å². The van der Waals surface area contributed by atoms with Crippen LogP contribution in [-0.4, -0.2) is 45.6 Å². The number of benzene rings is 1. The summed E-state index contributed by atoms with van der Waals surface area (Å²) in [5, 5.41) is 10.5. The third kappa shape index (κ3) is 4.58. The van der Waals surface area contributed by atoms with Gasteiger partial charge in [0.1, 0.15) is 11.4 Å². The minimum absolute atomic E-state index is 0.0728. The molecule has 3 aromatic rings. The quantitative estimate of drug-likeness (QED) is 0.525. The van der Waals surface area contributed by atoms with E-state index in [2.05, 4.69) is 15.5 Å². The van der Waals surface area contributed by atoms with Crippen LogP contribution in [0.5, 0.6) is 0 Å². The van der Waals surface area contributed by atoms with Crippen LogP contribution in [0, 0.1) is 18.7 Å². The number of aromatic amines is 1. The van der Waals surface area contributed by atoms with E-state index in [0.717, 1.165) is 41.3 Å². The van der Waals surface area contributed by atoms with Crippen molar-refractivity contribution in [2.24, 2.45) is 5.92 Å². The number of pyridine rings is 1. The summed E-state index contributed by atoms with van der Waals surface area (Å²) in [6.07, 6.45) is 5.65. The van der Waals surface area contributed by atoms with Gasteiger partial charge in [-0.3, -0.25) is 9.89 Å². The molecular weight excluding hydrogens is 461 g/mol. The lowest BCUT2D eigenvalue weighted by Crippen LogP contribution is -2.42. The van der Waals surface area contributed by atoms with E-state index < -0.39 is 11.7 Å². The van der Waals surface area contributed by atoms with Gasteiger partial charge in [0.2, 0.25) is 0 Å². The number of halogens is 1. The molecule has 2 aliphatic rings. The van der Waals surface area contributed by atoms with E-state index in [-0.39, 0.29) is 29.4 Å². The molecule has 1 saturated carbocycles. The molecule has 8 nitrogen and oxygen atoms in total. The second-order valence-electron chi connectivity index (χ2n) is 11.1. The summed E-state index contributed by atoms with van der Waals surface area (Å²) in [6, 6.07) is 3.19. The smallest absolute Gasteiger partial charge is 0.407 e. The lowest BCUT2D eigenvalue weighted by atomic mass is 9.99. The first kappa shape index (κ1) is 24.3. The van der Waals surface area contributed by atoms with Gasteiger partial charge in [0.15, 0.2) is 0 Å². The van der Waals surface area contributed by atoms with Gasteiger partial charge in [0.25, 0.3) is 5.56 Å². The van der Waals surface area contributed by atoms with Crippen molar-refractivity contribution in [2.75, 3.05) is 18.0 Å². The average Bonchev–Trinajstić information content (AvgIpc) is 3.25. The Hall–Kier alpha value is -3.36. The van der Waals surface area contributed by atoms with E-state index in [0.29, 0.717) is 24.3 Å². The highest BCUT2D eigenvalue weighted by Crippen LogP contribution is 2.42. The number of carbonyl (C=O) groups is 1. The summed E-state index contributed by atoms with van der Waals surface area (Å²) in [5.41, 5.74) is 2.90. The van der Waals surface area contributed by atoms with Crippen LogP contribution in [0.3, 0.4) is 0 Å². The Labute approximate surface area is 209 Å². The Bertz CT molecular complexity index is 1350. The number of nitrogens with zero attached hydrogens (tertiary/aromatic N) is 3. The normalized spacial score (nSPS) is 19.1. The molecule has 2 N–H and O–H groups in total. The number of carbonyl (C=O) groups excluding carboxylic acids is 1. The molecule has 0 spiro atoms. The number of hydrogen-bond acceptors (Lipinski definition) is 5. The SMILES string of the molecule is Cc1c(N2CC[C@@H]([C@H](C)NC(=O)OC(C)(C)C)C2)c(F)cc2c(-c3cn[nH]c3)cc(=O)n(C3CC3)c12. The molecule has 2 aromatic heterocycles. The van der Waals surface area contributed by atoms with Crippen LogP contribution < -0.4 is 15.8 Å². The molecule has 1 amide bonds. The second kappa shape index (κ2) is 8.94. The fraction of sp³-hybridized carbons (Fsp3) is 0.519. The van der Waals surface area contributed by atoms with Crippen molar-refractivity contribution < 1.29 is 13.9 Å². The lowest BCUT2D eigenvalue weighted by molar-refractivity contribution is 0.0494. The summed E-state index contributed by atoms with van der Waals surface area (Å²) < 4.78 is 23.0. The Morgan fingerprint density at radius 3 is 2.67 bits per heavy atom. The number of nitrogens with one attached hydrogen (secondary N) is 2. The zero-order chi connectivity index (χ0) is 25.8. The fourth-order valence-corrected chi connectivity index (χ4v) is 5.38. The Kier molecular flexibility index (Phi) is 6.04. The van der Waals surface area contributed by atoms with Gasteiger partial charge >= 0.3 is 6.09 Å². The fourth-order valence-electron chi connectivity index (χ4n) is 5.38. The number of rotatable bonds is 5. The molecular formula is C27H34FN5O3. The maximum atomic E-state index is 15.8. The third-order valence-electron chi connectivity index (χ3n) is 7.21. The van der Waals surface area contributed by atoms with E-state index in [4.69, 9.17) is 4.74 Å². The first-order valence-corrected chi connectivity index (χ1v) is 12.7. The van der Waals surface area contributed by atoms with Crippen molar-refractivity contribution in [3.8, 4) is 11.1 Å². The molecule has 192 valence electrons. The molecule has 1 aromatic carbocycles. The van der Waals surface area contributed by atoms with E-state index in [9.17, 15) is 9.59 Å². The largest absolute Gasteiger partial charge is 0.444 e. The average molecular weight is 496 g/mol. The van der Waals surface area contributed by atoms with Crippen LogP contribution in [0.1, 0.15) is 58.6 Å². The molecule has 9 heteroatoms. The van der Waals surface area contributed by atoms with Crippen molar-refractivity contribution in [3.05, 3.63) is 46.3 Å². The van der Waals surface area contributed by atoms with E-state index in [1.54, 1.807) is 24.5 Å². The number of anilines is 1. The van der Waals surface area contributed by atoms with Crippen molar-refractivity contribution >= 4 is 22.7 Å². The molecule has 0 radical (unpaired) electrons. The lowest BCUT2D eigenvalue weighted by Gasteiger charge is -2.27. The number of H-pyrrole nitrogens is 1. The van der Waals surface area contributed by atoms with Gasteiger partial charge < -0.3 is 19.5 Å². The van der Waals surface area contributed by atoms with Gasteiger partial charge in [-0.2, -0.15) is 5.10 Å². The Morgan fingerprint density at radius 2 is 2.03 bits per heavy atom. The molecule has 0 unspecified atom stereocenters. The maximum Gasteiger partial charge on any atom is 0.407 e. The highest BCUT2D eigenvalue weighted by atomic mass is 19.1. The van der Waals surface area contributed by atoms with E-state index in [1.807, 2.05) is 44.1 Å². The highest BCUT2D eigenvalue weighted by Gasteiger charge is 2.33. The van der Waals surface area contributed by atoms with Crippen LogP contribution in [0.25, 0.3) is 22.0 Å². The van der Waals surface area contributed by atoms with Crippen molar-refractivity contribution in [3.63, 3.8) is 0 Å². The van der Waals surface area contributed by atoms with Crippen molar-refractivity contribution in [2.45, 2.75) is 71.6 Å². The molecule has 2 atom stereocenters. The number of aryl methyl sites for hydroxylation is 1. The molecule has 2 fully saturated rings. The topological polar surface area (TPSA) is 92.2 Å². The summed E-state index contributed by atoms with van der Waals surface area (Å²) in [7, 11) is 0. The molecule has 36 heavy (non-hydrogen) atoms. The second-order valence-corrected chi connectivity index (χ2v) is 11.1. The molecule has 5 rings (SSSR count). The number of alkyl carbamates (subject to hydrolysis) is 1. The minimum Gasteiger partial charge on any atom is -0.444 e. The zero-order valence-corrected chi connectivity index (χ0v) is 21.5. The Balaban J connectivity index is 1.49. The molecule has 1 aliphatic heterocycles.